The second kappa shape index (κ2) is 8.96. The fourth-order valence-electron chi connectivity index (χ4n) is 2.22. The van der Waals surface area contributed by atoms with Crippen molar-refractivity contribution in [3.05, 3.63) is 11.3 Å². The van der Waals surface area contributed by atoms with Gasteiger partial charge in [0, 0.05) is 32.4 Å². The van der Waals surface area contributed by atoms with Gasteiger partial charge in [0.15, 0.2) is 0 Å². The third-order valence-electron chi connectivity index (χ3n) is 3.01. The smallest absolute Gasteiger partial charge is 0.333 e. The highest BCUT2D eigenvalue weighted by molar-refractivity contribution is 7.58. The molecule has 0 aromatic carbocycles. The van der Waals surface area contributed by atoms with Crippen LogP contribution in [0.1, 0.15) is 33.1 Å². The van der Waals surface area contributed by atoms with Crippen molar-refractivity contribution in [2.45, 2.75) is 33.1 Å². The van der Waals surface area contributed by atoms with Crippen molar-refractivity contribution in [2.75, 3.05) is 26.4 Å². The van der Waals surface area contributed by atoms with Gasteiger partial charge in [0.05, 0.1) is 11.7 Å². The van der Waals surface area contributed by atoms with Gasteiger partial charge < -0.3 is 20.0 Å². The molecule has 0 saturated carbocycles. The first-order chi connectivity index (χ1) is 9.96. The minimum atomic E-state index is -3.59. The van der Waals surface area contributed by atoms with Gasteiger partial charge in [-0.25, -0.2) is 4.79 Å². The van der Waals surface area contributed by atoms with Gasteiger partial charge in [-0.05, 0) is 18.8 Å². The Morgan fingerprint density at radius 3 is 2.05 bits per heavy atom. The normalized spacial score (nSPS) is 15.2. The molecule has 0 amide bonds. The molecule has 0 saturated heterocycles. The summed E-state index contributed by atoms with van der Waals surface area (Å²) in [6.45, 7) is 3.60. The van der Waals surface area contributed by atoms with Gasteiger partial charge in [0.1, 0.15) is 0 Å². The predicted molar refractivity (Wildman–Crippen MR) is 84.2 cm³/mol. The molecule has 0 aliphatic rings. The van der Waals surface area contributed by atoms with Gasteiger partial charge in [-0.2, -0.15) is 0 Å². The van der Waals surface area contributed by atoms with Crippen LogP contribution in [-0.2, 0) is 14.2 Å². The number of hydrogen-bond acceptors (Lipinski definition) is 4. The van der Waals surface area contributed by atoms with E-state index in [4.69, 9.17) is 5.11 Å². The molecule has 1 unspecified atom stereocenters. The Bertz CT molecular complexity index is 484. The molecule has 0 bridgehead atoms. The molecule has 0 aliphatic heterocycles. The Labute approximate surface area is 131 Å². The molecule has 0 rings (SSSR count). The predicted octanol–water partition coefficient (Wildman–Crippen LogP) is 2.07. The highest BCUT2D eigenvalue weighted by atomic mass is 31.2. The van der Waals surface area contributed by atoms with E-state index in [1.807, 2.05) is 0 Å². The lowest BCUT2D eigenvalue weighted by Gasteiger charge is -2.22. The largest absolute Gasteiger partial charge is 0.481 e. The van der Waals surface area contributed by atoms with Crippen LogP contribution in [0.25, 0.3) is 0 Å². The number of aliphatic carboxylic acids is 2. The third-order valence-corrected chi connectivity index (χ3v) is 5.12. The molecule has 22 heavy (non-hydrogen) atoms. The molecular weight excluding hydrogens is 309 g/mol. The van der Waals surface area contributed by atoms with Gasteiger partial charge in [0.25, 0.3) is 0 Å². The van der Waals surface area contributed by atoms with Crippen molar-refractivity contribution < 1.29 is 29.3 Å². The van der Waals surface area contributed by atoms with Crippen LogP contribution in [0, 0.1) is 5.92 Å². The van der Waals surface area contributed by atoms with Crippen molar-refractivity contribution in [1.29, 1.82) is 0 Å². The molecule has 3 N–H and O–H groups in total. The highest BCUT2D eigenvalue weighted by Gasteiger charge is 2.27. The van der Waals surface area contributed by atoms with Crippen molar-refractivity contribution in [3.8, 4) is 0 Å². The van der Waals surface area contributed by atoms with Crippen LogP contribution in [-0.4, -0.2) is 58.4 Å². The lowest BCUT2D eigenvalue weighted by atomic mass is 10.1. The summed E-state index contributed by atoms with van der Waals surface area (Å²) in [4.78, 5) is 33.6. The molecule has 0 aromatic rings. The Kier molecular flexibility index (Phi) is 8.41. The number of carboxylic acid groups (broad SMARTS) is 2. The average Bonchev–Trinajstić information content (AvgIpc) is 2.29. The maximum Gasteiger partial charge on any atom is 0.333 e. The van der Waals surface area contributed by atoms with E-state index in [0.717, 1.165) is 0 Å². The second-order valence-electron chi connectivity index (χ2n) is 5.95. The Morgan fingerprint density at radius 2 is 1.68 bits per heavy atom. The summed E-state index contributed by atoms with van der Waals surface area (Å²) in [5.74, 6) is -2.21. The molecule has 8 heteroatoms. The second-order valence-corrected chi connectivity index (χ2v) is 8.33. The zero-order chi connectivity index (χ0) is 17.5. The van der Waals surface area contributed by atoms with Crippen LogP contribution < -0.4 is 0 Å². The molecule has 128 valence electrons. The summed E-state index contributed by atoms with van der Waals surface area (Å²) in [6.07, 6.45) is 0.0931. The summed E-state index contributed by atoms with van der Waals surface area (Å²) >= 11 is 0. The lowest BCUT2D eigenvalue weighted by molar-refractivity contribution is -0.137. The van der Waals surface area contributed by atoms with Crippen LogP contribution in [0.2, 0.25) is 0 Å². The number of rotatable bonds is 10. The van der Waals surface area contributed by atoms with Gasteiger partial charge in [0.2, 0.25) is 7.37 Å². The van der Waals surface area contributed by atoms with Gasteiger partial charge >= 0.3 is 11.9 Å². The van der Waals surface area contributed by atoms with E-state index in [1.54, 1.807) is 32.8 Å². The SMILES string of the molecule is CC(C)CP(=O)(O)C/C(C(=O)O)=C(/CCCC(=O)O)N(C)C. The van der Waals surface area contributed by atoms with E-state index >= 15 is 0 Å². The Morgan fingerprint density at radius 1 is 1.14 bits per heavy atom. The highest BCUT2D eigenvalue weighted by Crippen LogP contribution is 2.45. The van der Waals surface area contributed by atoms with E-state index in [1.165, 1.54) is 0 Å². The van der Waals surface area contributed by atoms with Crippen LogP contribution >= 0.6 is 7.37 Å². The maximum absolute atomic E-state index is 12.2. The zero-order valence-electron chi connectivity index (χ0n) is 13.6. The molecule has 1 atom stereocenters. The minimum Gasteiger partial charge on any atom is -0.481 e. The first-order valence-corrected chi connectivity index (χ1v) is 9.14. The van der Waals surface area contributed by atoms with Gasteiger partial charge in [-0.15, -0.1) is 0 Å². The Balaban J connectivity index is 5.37. The summed E-state index contributed by atoms with van der Waals surface area (Å²) in [5, 5.41) is 18.0. The van der Waals surface area contributed by atoms with Crippen LogP contribution in [0.15, 0.2) is 11.3 Å². The molecule has 0 spiro atoms. The summed E-state index contributed by atoms with van der Waals surface area (Å²) in [6, 6.07) is 0. The van der Waals surface area contributed by atoms with Crippen molar-refractivity contribution in [2.24, 2.45) is 5.92 Å². The topological polar surface area (TPSA) is 115 Å². The van der Waals surface area contributed by atoms with Gasteiger partial charge in [-0.1, -0.05) is 13.8 Å². The fourth-order valence-corrected chi connectivity index (χ4v) is 4.30. The number of carbonyl (C=O) groups is 2. The molecular formula is C14H26NO6P. The molecule has 0 heterocycles. The van der Waals surface area contributed by atoms with E-state index in [-0.39, 0.29) is 36.9 Å². The minimum absolute atomic E-state index is 0.0132. The molecule has 0 radical (unpaired) electrons. The van der Waals surface area contributed by atoms with E-state index in [9.17, 15) is 24.2 Å². The number of hydrogen-bond donors (Lipinski definition) is 3. The van der Waals surface area contributed by atoms with Gasteiger partial charge in [-0.3, -0.25) is 9.36 Å². The maximum atomic E-state index is 12.2. The van der Waals surface area contributed by atoms with Crippen molar-refractivity contribution >= 4 is 19.3 Å². The summed E-state index contributed by atoms with van der Waals surface area (Å²) < 4.78 is 12.2. The quantitative estimate of drug-likeness (QED) is 0.413. The van der Waals surface area contributed by atoms with E-state index < -0.39 is 25.5 Å². The molecule has 0 aromatic heterocycles. The standard InChI is InChI=1S/C14H26NO6P/c1-10(2)8-22(20,21)9-11(14(18)19)12(15(3)4)6-5-7-13(16)17/h10H,5-9H2,1-4H3,(H,16,17)(H,18,19)(H,20,21)/b12-11+. The molecule has 0 fully saturated rings. The van der Waals surface area contributed by atoms with Crippen LogP contribution in [0.3, 0.4) is 0 Å². The average molecular weight is 335 g/mol. The van der Waals surface area contributed by atoms with E-state index in [0.29, 0.717) is 5.70 Å². The third kappa shape index (κ3) is 8.20. The first-order valence-electron chi connectivity index (χ1n) is 7.11. The zero-order valence-corrected chi connectivity index (χ0v) is 14.5. The van der Waals surface area contributed by atoms with Crippen LogP contribution in [0.4, 0.5) is 0 Å². The van der Waals surface area contributed by atoms with Crippen molar-refractivity contribution in [3.63, 3.8) is 0 Å². The lowest BCUT2D eigenvalue weighted by Crippen LogP contribution is -2.20. The monoisotopic (exact) mass is 335 g/mol. The van der Waals surface area contributed by atoms with Crippen LogP contribution in [0.5, 0.6) is 0 Å². The summed E-state index contributed by atoms with van der Waals surface area (Å²) in [7, 11) is -0.300. The first kappa shape index (κ1) is 20.7. The van der Waals surface area contributed by atoms with Crippen molar-refractivity contribution in [1.82, 2.24) is 4.90 Å². The molecule has 0 aliphatic carbocycles. The fraction of sp³-hybridized carbons (Fsp3) is 0.714. The van der Waals surface area contributed by atoms with E-state index in [2.05, 4.69) is 0 Å². The number of allylic oxidation sites excluding steroid dienone is 1. The number of carboxylic acids is 2. The molecule has 7 nitrogen and oxygen atoms in total. The number of nitrogens with zero attached hydrogens (tertiary/aromatic N) is 1. The summed E-state index contributed by atoms with van der Waals surface area (Å²) in [5.41, 5.74) is 0.286. The Hall–Kier alpha value is -1.33.